The summed E-state index contributed by atoms with van der Waals surface area (Å²) in [6.45, 7) is 8.31. The first-order valence-corrected chi connectivity index (χ1v) is 8.49. The van der Waals surface area contributed by atoms with Crippen molar-refractivity contribution in [1.82, 2.24) is 5.48 Å². The first-order valence-electron chi connectivity index (χ1n) is 6.28. The van der Waals surface area contributed by atoms with Crippen molar-refractivity contribution in [3.05, 3.63) is 35.4 Å². The van der Waals surface area contributed by atoms with E-state index in [0.29, 0.717) is 10.00 Å². The Balaban J connectivity index is 0.000000573. The number of nitrogens with one attached hydrogen (secondary N) is 1. The van der Waals surface area contributed by atoms with E-state index in [1.807, 2.05) is 21.6 Å². The van der Waals surface area contributed by atoms with Crippen LogP contribution in [0.1, 0.15) is 36.6 Å². The molecule has 1 aliphatic rings. The van der Waals surface area contributed by atoms with E-state index in [-0.39, 0.29) is 0 Å². The minimum absolute atomic E-state index is 0.445. The minimum atomic E-state index is 0.445. The number of hydroxylamine groups is 1. The van der Waals surface area contributed by atoms with Crippen molar-refractivity contribution in [1.29, 1.82) is 0 Å². The number of hydrogen-bond donors (Lipinski definition) is 2. The summed E-state index contributed by atoms with van der Waals surface area (Å²) in [5.74, 6) is 0. The number of hydrogen-bond acceptors (Lipinski definition) is 4. The monoisotopic (exact) mass is 297 g/mol. The zero-order valence-corrected chi connectivity index (χ0v) is 14.1. The van der Waals surface area contributed by atoms with Crippen LogP contribution in [0.5, 0.6) is 0 Å². The molecule has 1 aromatic carbocycles. The van der Waals surface area contributed by atoms with E-state index in [1.54, 1.807) is 5.48 Å². The van der Waals surface area contributed by atoms with Crippen molar-refractivity contribution < 1.29 is 5.21 Å². The van der Waals surface area contributed by atoms with Gasteiger partial charge in [-0.15, -0.1) is 0 Å². The molecule has 0 amide bonds. The molecule has 1 saturated heterocycles. The van der Waals surface area contributed by atoms with Gasteiger partial charge in [0, 0.05) is 17.0 Å². The van der Waals surface area contributed by atoms with Crippen LogP contribution in [0.4, 0.5) is 0 Å². The van der Waals surface area contributed by atoms with Gasteiger partial charge in [-0.2, -0.15) is 0 Å². The van der Waals surface area contributed by atoms with Crippen LogP contribution in [0, 0.1) is 6.92 Å². The van der Waals surface area contributed by atoms with E-state index in [1.165, 1.54) is 31.4 Å². The maximum Gasteiger partial charge on any atom is 0.0606 e. The second-order valence-electron chi connectivity index (χ2n) is 4.77. The predicted octanol–water partition coefficient (Wildman–Crippen LogP) is 4.40. The lowest BCUT2D eigenvalue weighted by Crippen LogP contribution is -2.09. The molecule has 1 heterocycles. The summed E-state index contributed by atoms with van der Waals surface area (Å²) in [6.07, 6.45) is 1.28. The maximum absolute atomic E-state index is 7.32. The second kappa shape index (κ2) is 9.75. The Bertz CT molecular complexity index is 344. The molecule has 0 saturated carbocycles. The van der Waals surface area contributed by atoms with Crippen molar-refractivity contribution in [2.24, 2.45) is 0 Å². The third-order valence-corrected chi connectivity index (χ3v) is 6.24. The summed E-state index contributed by atoms with van der Waals surface area (Å²) in [6, 6.07) is 8.97. The van der Waals surface area contributed by atoms with E-state index in [0.717, 1.165) is 0 Å². The van der Waals surface area contributed by atoms with Crippen molar-refractivity contribution in [3.63, 3.8) is 0 Å². The van der Waals surface area contributed by atoms with E-state index in [2.05, 4.69) is 52.9 Å². The first kappa shape index (κ1) is 18.9. The lowest BCUT2D eigenvalue weighted by atomic mass is 10.0. The molecule has 2 radical (unpaired) electrons. The second-order valence-corrected chi connectivity index (χ2v) is 7.88. The Morgan fingerprint density at radius 2 is 1.74 bits per heavy atom. The van der Waals surface area contributed by atoms with Gasteiger partial charge in [0.05, 0.1) is 7.85 Å². The van der Waals surface area contributed by atoms with Gasteiger partial charge in [-0.1, -0.05) is 58.2 Å². The highest BCUT2D eigenvalue weighted by Gasteiger charge is 2.33. The number of aryl methyl sites for hydroxylation is 1. The standard InChI is InChI=1S/C12H16S2.CH3B.CH5NO/c1-9-4-6-10(7-5-9)11-8-12(2,3)14-13-11;1-2;1-2-3/h4-7,11H,8H2,1-3H3;1H3;2-3H,1H3. The van der Waals surface area contributed by atoms with Crippen LogP contribution in [0.2, 0.25) is 6.82 Å². The molecule has 2 N–H and O–H groups in total. The molecular weight excluding hydrogens is 273 g/mol. The molecule has 1 aliphatic heterocycles. The Morgan fingerprint density at radius 1 is 1.26 bits per heavy atom. The fraction of sp³-hybridized carbons (Fsp3) is 0.571. The molecule has 1 aromatic rings. The van der Waals surface area contributed by atoms with Gasteiger partial charge in [-0.25, -0.2) is 5.48 Å². The Kier molecular flexibility index (Phi) is 9.70. The maximum atomic E-state index is 7.32. The largest absolute Gasteiger partial charge is 0.317 e. The zero-order chi connectivity index (χ0) is 14.9. The van der Waals surface area contributed by atoms with Gasteiger partial charge >= 0.3 is 0 Å². The number of rotatable bonds is 1. The molecule has 0 aromatic heterocycles. The van der Waals surface area contributed by atoms with Crippen molar-refractivity contribution in [2.45, 2.75) is 44.0 Å². The highest BCUT2D eigenvalue weighted by Crippen LogP contribution is 2.57. The van der Waals surface area contributed by atoms with E-state index < -0.39 is 0 Å². The van der Waals surface area contributed by atoms with Crippen LogP contribution >= 0.6 is 21.6 Å². The fourth-order valence-corrected chi connectivity index (χ4v) is 5.00. The summed E-state index contributed by atoms with van der Waals surface area (Å²) >= 11 is 0. The smallest absolute Gasteiger partial charge is 0.0606 e. The Hall–Kier alpha value is -0.0951. The van der Waals surface area contributed by atoms with Crippen LogP contribution in [-0.2, 0) is 0 Å². The average molecular weight is 297 g/mol. The molecule has 2 rings (SSSR count). The third kappa shape index (κ3) is 7.30. The summed E-state index contributed by atoms with van der Waals surface area (Å²) < 4.78 is 0.445. The van der Waals surface area contributed by atoms with E-state index >= 15 is 0 Å². The van der Waals surface area contributed by atoms with Crippen LogP contribution in [0.15, 0.2) is 24.3 Å². The first-order chi connectivity index (χ1) is 8.98. The van der Waals surface area contributed by atoms with Gasteiger partial charge in [0.2, 0.25) is 0 Å². The topological polar surface area (TPSA) is 32.3 Å². The van der Waals surface area contributed by atoms with Gasteiger partial charge in [0.1, 0.15) is 0 Å². The summed E-state index contributed by atoms with van der Waals surface area (Å²) in [7, 11) is 9.98. The number of benzene rings is 1. The highest BCUT2D eigenvalue weighted by atomic mass is 33.1. The molecule has 0 aliphatic carbocycles. The van der Waals surface area contributed by atoms with Gasteiger partial charge in [-0.05, 0) is 32.8 Å². The van der Waals surface area contributed by atoms with Crippen molar-refractivity contribution in [3.8, 4) is 0 Å². The quantitative estimate of drug-likeness (QED) is 0.457. The summed E-state index contributed by atoms with van der Waals surface area (Å²) in [4.78, 5) is 0. The summed E-state index contributed by atoms with van der Waals surface area (Å²) in [5.41, 5.74) is 4.59. The average Bonchev–Trinajstić information content (AvgIpc) is 2.74. The predicted molar refractivity (Wildman–Crippen MR) is 90.3 cm³/mol. The lowest BCUT2D eigenvalue weighted by molar-refractivity contribution is 0.194. The highest BCUT2D eigenvalue weighted by molar-refractivity contribution is 8.77. The fourth-order valence-electron chi connectivity index (χ4n) is 1.66. The molecule has 5 heteroatoms. The molecule has 19 heavy (non-hydrogen) atoms. The molecule has 0 spiro atoms. The zero-order valence-electron chi connectivity index (χ0n) is 12.4. The van der Waals surface area contributed by atoms with Gasteiger partial charge < -0.3 is 5.21 Å². The van der Waals surface area contributed by atoms with Crippen LogP contribution in [0.25, 0.3) is 0 Å². The van der Waals surface area contributed by atoms with Crippen LogP contribution in [-0.4, -0.2) is 24.8 Å². The summed E-state index contributed by atoms with van der Waals surface area (Å²) in [5, 5.41) is 8.01. The lowest BCUT2D eigenvalue weighted by Gasteiger charge is -2.14. The normalized spacial score (nSPS) is 19.8. The SMILES string of the molecule is CNO.Cc1ccc(C2CC(C)(C)SS2)cc1.[B]C. The Labute approximate surface area is 126 Å². The molecular formula is C14H24BNOS2. The molecule has 0 bridgehead atoms. The molecule has 2 nitrogen and oxygen atoms in total. The van der Waals surface area contributed by atoms with Crippen LogP contribution in [0.3, 0.4) is 0 Å². The van der Waals surface area contributed by atoms with Crippen molar-refractivity contribution >= 4 is 29.4 Å². The third-order valence-electron chi connectivity index (χ3n) is 2.52. The van der Waals surface area contributed by atoms with Gasteiger partial charge in [-0.3, -0.25) is 0 Å². The van der Waals surface area contributed by atoms with Gasteiger partial charge in [0.25, 0.3) is 0 Å². The van der Waals surface area contributed by atoms with Crippen LogP contribution < -0.4 is 5.48 Å². The van der Waals surface area contributed by atoms with E-state index in [9.17, 15) is 0 Å². The Morgan fingerprint density at radius 3 is 2.11 bits per heavy atom. The molecule has 106 valence electrons. The van der Waals surface area contributed by atoms with Crippen molar-refractivity contribution in [2.75, 3.05) is 7.05 Å². The molecule has 1 atom stereocenters. The van der Waals surface area contributed by atoms with E-state index in [4.69, 9.17) is 5.21 Å². The minimum Gasteiger partial charge on any atom is -0.317 e. The molecule has 1 unspecified atom stereocenters. The molecule has 1 fully saturated rings. The van der Waals surface area contributed by atoms with Gasteiger partial charge in [0.15, 0.2) is 0 Å².